The standard InChI is InChI=1S/C20H23Cl2NO2/c1-3-25-20(24)13(2)10-17(23)11-14-4-6-15(7-5-14)18-12-16(21)8-9-19(18)22/h4-9,12-13,17H,3,10-11,23H2,1-2H3/t13?,17-/m0/s1. The zero-order valence-corrected chi connectivity index (χ0v) is 16.0. The van der Waals surface area contributed by atoms with Crippen LogP contribution in [0.4, 0.5) is 0 Å². The van der Waals surface area contributed by atoms with E-state index in [0.29, 0.717) is 29.5 Å². The summed E-state index contributed by atoms with van der Waals surface area (Å²) in [5.41, 5.74) is 9.21. The minimum atomic E-state index is -0.195. The second-order valence-corrected chi connectivity index (χ2v) is 7.02. The van der Waals surface area contributed by atoms with Crippen molar-refractivity contribution < 1.29 is 9.53 Å². The van der Waals surface area contributed by atoms with E-state index in [-0.39, 0.29) is 17.9 Å². The number of ether oxygens (including phenoxy) is 1. The summed E-state index contributed by atoms with van der Waals surface area (Å²) in [6.07, 6.45) is 1.30. The summed E-state index contributed by atoms with van der Waals surface area (Å²) in [5.74, 6) is -0.386. The van der Waals surface area contributed by atoms with E-state index in [0.717, 1.165) is 16.7 Å². The van der Waals surface area contributed by atoms with E-state index in [9.17, 15) is 4.79 Å². The van der Waals surface area contributed by atoms with Gasteiger partial charge in [0.05, 0.1) is 12.5 Å². The van der Waals surface area contributed by atoms with Crippen molar-refractivity contribution in [1.29, 1.82) is 0 Å². The maximum atomic E-state index is 11.7. The largest absolute Gasteiger partial charge is 0.466 e. The molecule has 2 aromatic carbocycles. The van der Waals surface area contributed by atoms with Gasteiger partial charge in [0, 0.05) is 21.7 Å². The second kappa shape index (κ2) is 9.23. The molecule has 0 aliphatic heterocycles. The molecule has 0 spiro atoms. The quantitative estimate of drug-likeness (QED) is 0.679. The lowest BCUT2D eigenvalue weighted by atomic mass is 9.95. The predicted octanol–water partition coefficient (Wildman–Crippen LogP) is 5.12. The van der Waals surface area contributed by atoms with Crippen LogP contribution in [0.5, 0.6) is 0 Å². The lowest BCUT2D eigenvalue weighted by Crippen LogP contribution is -2.29. The Morgan fingerprint density at radius 1 is 1.16 bits per heavy atom. The molecule has 0 bridgehead atoms. The normalized spacial score (nSPS) is 13.3. The molecule has 0 saturated heterocycles. The summed E-state index contributed by atoms with van der Waals surface area (Å²) >= 11 is 12.3. The van der Waals surface area contributed by atoms with Gasteiger partial charge < -0.3 is 10.5 Å². The van der Waals surface area contributed by atoms with E-state index in [1.54, 1.807) is 19.1 Å². The van der Waals surface area contributed by atoms with Crippen molar-refractivity contribution in [2.24, 2.45) is 11.7 Å². The van der Waals surface area contributed by atoms with Gasteiger partial charge in [-0.2, -0.15) is 0 Å². The zero-order chi connectivity index (χ0) is 18.4. The molecule has 0 aliphatic carbocycles. The Morgan fingerprint density at radius 2 is 1.84 bits per heavy atom. The van der Waals surface area contributed by atoms with Crippen molar-refractivity contribution in [1.82, 2.24) is 0 Å². The summed E-state index contributed by atoms with van der Waals surface area (Å²) in [7, 11) is 0. The van der Waals surface area contributed by atoms with Crippen LogP contribution in [0.2, 0.25) is 10.0 Å². The molecule has 0 saturated carbocycles. The number of carbonyl (C=O) groups is 1. The number of hydrogen-bond donors (Lipinski definition) is 1. The third kappa shape index (κ3) is 5.74. The SMILES string of the molecule is CCOC(=O)C(C)C[C@H](N)Cc1ccc(-c2cc(Cl)ccc2Cl)cc1. The first-order valence-electron chi connectivity index (χ1n) is 8.37. The van der Waals surface area contributed by atoms with Crippen LogP contribution in [0.15, 0.2) is 42.5 Å². The maximum absolute atomic E-state index is 11.7. The third-order valence-corrected chi connectivity index (χ3v) is 4.60. The zero-order valence-electron chi connectivity index (χ0n) is 14.5. The number of carbonyl (C=O) groups excluding carboxylic acids is 1. The Morgan fingerprint density at radius 3 is 2.48 bits per heavy atom. The summed E-state index contributed by atoms with van der Waals surface area (Å²) in [6.45, 7) is 4.05. The van der Waals surface area contributed by atoms with Crippen LogP contribution in [-0.2, 0) is 16.0 Å². The Labute approximate surface area is 159 Å². The number of benzene rings is 2. The number of rotatable bonds is 7. The van der Waals surface area contributed by atoms with Gasteiger partial charge in [0.15, 0.2) is 0 Å². The second-order valence-electron chi connectivity index (χ2n) is 6.17. The summed E-state index contributed by atoms with van der Waals surface area (Å²) in [5, 5.41) is 1.32. The molecule has 134 valence electrons. The molecule has 0 radical (unpaired) electrons. The van der Waals surface area contributed by atoms with Crippen molar-refractivity contribution >= 4 is 29.2 Å². The highest BCUT2D eigenvalue weighted by Crippen LogP contribution is 2.30. The molecular weight excluding hydrogens is 357 g/mol. The molecule has 1 unspecified atom stereocenters. The van der Waals surface area contributed by atoms with Crippen LogP contribution in [0.3, 0.4) is 0 Å². The van der Waals surface area contributed by atoms with Crippen molar-refractivity contribution in [3.05, 3.63) is 58.1 Å². The van der Waals surface area contributed by atoms with Crippen molar-refractivity contribution in [3.8, 4) is 11.1 Å². The minimum absolute atomic E-state index is 0.0972. The lowest BCUT2D eigenvalue weighted by Gasteiger charge is -2.16. The molecule has 25 heavy (non-hydrogen) atoms. The molecule has 2 atom stereocenters. The average Bonchev–Trinajstić information content (AvgIpc) is 2.58. The van der Waals surface area contributed by atoms with E-state index < -0.39 is 0 Å². The van der Waals surface area contributed by atoms with Gasteiger partial charge in [0.1, 0.15) is 0 Å². The molecule has 2 rings (SSSR count). The van der Waals surface area contributed by atoms with Gasteiger partial charge in [-0.3, -0.25) is 4.79 Å². The van der Waals surface area contributed by atoms with Crippen LogP contribution in [0.1, 0.15) is 25.8 Å². The monoisotopic (exact) mass is 379 g/mol. The average molecular weight is 380 g/mol. The Hall–Kier alpha value is -1.55. The van der Waals surface area contributed by atoms with E-state index in [1.165, 1.54) is 0 Å². The minimum Gasteiger partial charge on any atom is -0.466 e. The number of hydrogen-bond acceptors (Lipinski definition) is 3. The van der Waals surface area contributed by atoms with E-state index in [1.807, 2.05) is 37.3 Å². The Kier molecular flexibility index (Phi) is 7.30. The topological polar surface area (TPSA) is 52.3 Å². The predicted molar refractivity (Wildman–Crippen MR) is 104 cm³/mol. The van der Waals surface area contributed by atoms with Gasteiger partial charge in [-0.05, 0) is 49.1 Å². The van der Waals surface area contributed by atoms with Gasteiger partial charge in [-0.1, -0.05) is 54.4 Å². The fourth-order valence-electron chi connectivity index (χ4n) is 2.76. The van der Waals surface area contributed by atoms with Crippen LogP contribution >= 0.6 is 23.2 Å². The van der Waals surface area contributed by atoms with Gasteiger partial charge in [-0.15, -0.1) is 0 Å². The molecule has 0 aliphatic rings. The molecule has 5 heteroatoms. The fraction of sp³-hybridized carbons (Fsp3) is 0.350. The third-order valence-electron chi connectivity index (χ3n) is 4.04. The van der Waals surface area contributed by atoms with Crippen LogP contribution < -0.4 is 5.73 Å². The highest BCUT2D eigenvalue weighted by Gasteiger charge is 2.18. The Bertz CT molecular complexity index is 716. The number of esters is 1. The number of halogens is 2. The van der Waals surface area contributed by atoms with Crippen molar-refractivity contribution in [2.75, 3.05) is 6.61 Å². The molecule has 0 fully saturated rings. The lowest BCUT2D eigenvalue weighted by molar-refractivity contribution is -0.147. The first-order chi connectivity index (χ1) is 11.9. The smallest absolute Gasteiger partial charge is 0.308 e. The molecule has 0 aromatic heterocycles. The van der Waals surface area contributed by atoms with Gasteiger partial charge in [-0.25, -0.2) is 0 Å². The molecular formula is C20H23Cl2NO2. The van der Waals surface area contributed by atoms with Crippen LogP contribution in [0, 0.1) is 5.92 Å². The summed E-state index contributed by atoms with van der Waals surface area (Å²) < 4.78 is 5.02. The molecule has 0 amide bonds. The fourth-order valence-corrected chi connectivity index (χ4v) is 3.16. The highest BCUT2D eigenvalue weighted by atomic mass is 35.5. The van der Waals surface area contributed by atoms with E-state index in [4.69, 9.17) is 33.7 Å². The van der Waals surface area contributed by atoms with E-state index >= 15 is 0 Å². The van der Waals surface area contributed by atoms with E-state index in [2.05, 4.69) is 0 Å². The Balaban J connectivity index is 2.00. The van der Waals surface area contributed by atoms with Crippen molar-refractivity contribution in [3.63, 3.8) is 0 Å². The van der Waals surface area contributed by atoms with Gasteiger partial charge >= 0.3 is 5.97 Å². The van der Waals surface area contributed by atoms with Crippen molar-refractivity contribution in [2.45, 2.75) is 32.7 Å². The highest BCUT2D eigenvalue weighted by molar-refractivity contribution is 6.35. The first kappa shape index (κ1) is 19.8. The molecule has 2 aromatic rings. The van der Waals surface area contributed by atoms with Gasteiger partial charge in [0.2, 0.25) is 0 Å². The molecule has 2 N–H and O–H groups in total. The number of nitrogens with two attached hydrogens (primary N) is 1. The maximum Gasteiger partial charge on any atom is 0.308 e. The molecule has 0 heterocycles. The van der Waals surface area contributed by atoms with Gasteiger partial charge in [0.25, 0.3) is 0 Å². The van der Waals surface area contributed by atoms with Crippen LogP contribution in [0.25, 0.3) is 11.1 Å². The van der Waals surface area contributed by atoms with Crippen LogP contribution in [-0.4, -0.2) is 18.6 Å². The molecule has 3 nitrogen and oxygen atoms in total. The summed E-state index contributed by atoms with van der Waals surface area (Å²) in [4.78, 5) is 11.7. The first-order valence-corrected chi connectivity index (χ1v) is 9.12. The summed E-state index contributed by atoms with van der Waals surface area (Å²) in [6, 6.07) is 13.4.